The highest BCUT2D eigenvalue weighted by atomic mass is 32.2. The maximum atomic E-state index is 11.3. The van der Waals surface area contributed by atoms with E-state index in [0.717, 1.165) is 0 Å². The topological polar surface area (TPSA) is 37.3 Å². The van der Waals surface area contributed by atoms with Gasteiger partial charge in [0.15, 0.2) is 0 Å². The zero-order valence-electron chi connectivity index (χ0n) is 8.13. The molecule has 1 heterocycles. The summed E-state index contributed by atoms with van der Waals surface area (Å²) in [6.07, 6.45) is 4.59. The van der Waals surface area contributed by atoms with Crippen LogP contribution < -0.4 is 0 Å². The van der Waals surface area contributed by atoms with E-state index >= 15 is 0 Å². The average Bonchev–Trinajstić information content (AvgIpc) is 2.28. The third-order valence-electron chi connectivity index (χ3n) is 2.22. The minimum Gasteiger partial charge on any atom is -0.510 e. The van der Waals surface area contributed by atoms with Crippen LogP contribution in [0.1, 0.15) is 27.2 Å². The summed E-state index contributed by atoms with van der Waals surface area (Å²) in [6, 6.07) is 0. The zero-order valence-corrected chi connectivity index (χ0v) is 8.94. The second-order valence-corrected chi connectivity index (χ2v) is 4.84. The van der Waals surface area contributed by atoms with Crippen molar-refractivity contribution in [3.8, 4) is 0 Å². The van der Waals surface area contributed by atoms with Gasteiger partial charge in [0, 0.05) is 5.57 Å². The first-order valence-corrected chi connectivity index (χ1v) is 5.07. The minimum atomic E-state index is -0.437. The van der Waals surface area contributed by atoms with Crippen LogP contribution in [0.2, 0.25) is 0 Å². The van der Waals surface area contributed by atoms with Crippen LogP contribution in [0.5, 0.6) is 0 Å². The van der Waals surface area contributed by atoms with Gasteiger partial charge in [-0.3, -0.25) is 4.79 Å². The number of carbonyl (C=O) groups is 1. The number of allylic oxidation sites excluding steroid dienone is 2. The van der Waals surface area contributed by atoms with Crippen LogP contribution in [0.25, 0.3) is 0 Å². The van der Waals surface area contributed by atoms with Crippen molar-refractivity contribution in [2.75, 3.05) is 0 Å². The lowest BCUT2D eigenvalue weighted by Gasteiger charge is -2.20. The highest BCUT2D eigenvalue weighted by Gasteiger charge is 2.40. The number of carbonyl (C=O) groups excluding carboxylic acids is 1. The van der Waals surface area contributed by atoms with Gasteiger partial charge in [-0.1, -0.05) is 23.9 Å². The highest BCUT2D eigenvalue weighted by molar-refractivity contribution is 8.15. The molecule has 1 atom stereocenters. The largest absolute Gasteiger partial charge is 0.510 e. The lowest BCUT2D eigenvalue weighted by Crippen LogP contribution is -2.19. The van der Waals surface area contributed by atoms with Gasteiger partial charge >= 0.3 is 0 Å². The molecule has 0 aromatic carbocycles. The monoisotopic (exact) mass is 198 g/mol. The van der Waals surface area contributed by atoms with Gasteiger partial charge in [0.25, 0.3) is 0 Å². The van der Waals surface area contributed by atoms with Crippen LogP contribution in [-0.2, 0) is 4.79 Å². The van der Waals surface area contributed by atoms with Crippen molar-refractivity contribution in [1.82, 2.24) is 0 Å². The second kappa shape index (κ2) is 3.58. The molecule has 1 aliphatic rings. The van der Waals surface area contributed by atoms with Gasteiger partial charge in [-0.2, -0.15) is 0 Å². The molecule has 13 heavy (non-hydrogen) atoms. The fourth-order valence-corrected chi connectivity index (χ4v) is 2.39. The molecule has 1 rings (SSSR count). The Bertz CT molecular complexity index is 291. The standard InChI is InChI=1S/C10H14O2S/c1-4-5-6-10(3)8(11)7(2)9(12)13-10/h4-5,11H,6H2,1-3H3/b5-4+. The summed E-state index contributed by atoms with van der Waals surface area (Å²) in [5, 5.41) is 9.71. The van der Waals surface area contributed by atoms with Gasteiger partial charge in [0.1, 0.15) is 5.76 Å². The van der Waals surface area contributed by atoms with Crippen molar-refractivity contribution in [2.24, 2.45) is 0 Å². The van der Waals surface area contributed by atoms with Crippen LogP contribution in [0, 0.1) is 0 Å². The van der Waals surface area contributed by atoms with Gasteiger partial charge in [-0.25, -0.2) is 0 Å². The number of aliphatic hydroxyl groups is 1. The predicted octanol–water partition coefficient (Wildman–Crippen LogP) is 2.82. The zero-order chi connectivity index (χ0) is 10.1. The Balaban J connectivity index is 2.89. The quantitative estimate of drug-likeness (QED) is 0.693. The molecule has 0 saturated carbocycles. The molecular weight excluding hydrogens is 184 g/mol. The Kier molecular flexibility index (Phi) is 2.86. The number of thioether (sulfide) groups is 1. The Labute approximate surface area is 82.7 Å². The van der Waals surface area contributed by atoms with E-state index in [-0.39, 0.29) is 10.9 Å². The van der Waals surface area contributed by atoms with E-state index < -0.39 is 4.75 Å². The van der Waals surface area contributed by atoms with Crippen molar-refractivity contribution in [3.05, 3.63) is 23.5 Å². The molecule has 1 aliphatic heterocycles. The van der Waals surface area contributed by atoms with Crippen molar-refractivity contribution in [1.29, 1.82) is 0 Å². The van der Waals surface area contributed by atoms with Gasteiger partial charge in [0.2, 0.25) is 5.12 Å². The molecule has 3 heteroatoms. The molecule has 0 aromatic rings. The maximum absolute atomic E-state index is 11.3. The average molecular weight is 198 g/mol. The molecule has 0 aliphatic carbocycles. The number of aliphatic hydroxyl groups excluding tert-OH is 1. The summed E-state index contributed by atoms with van der Waals surface area (Å²) in [6.45, 7) is 5.49. The summed E-state index contributed by atoms with van der Waals surface area (Å²) >= 11 is 1.21. The van der Waals surface area contributed by atoms with E-state index in [1.807, 2.05) is 26.0 Å². The van der Waals surface area contributed by atoms with Crippen LogP contribution in [0.4, 0.5) is 0 Å². The van der Waals surface area contributed by atoms with E-state index in [9.17, 15) is 9.90 Å². The van der Waals surface area contributed by atoms with Gasteiger partial charge in [0.05, 0.1) is 4.75 Å². The molecule has 0 aromatic heterocycles. The molecule has 1 unspecified atom stereocenters. The van der Waals surface area contributed by atoms with Crippen LogP contribution in [0.15, 0.2) is 23.5 Å². The van der Waals surface area contributed by atoms with Gasteiger partial charge in [-0.15, -0.1) is 0 Å². The fourth-order valence-electron chi connectivity index (χ4n) is 1.30. The van der Waals surface area contributed by atoms with E-state index in [2.05, 4.69) is 0 Å². The SMILES string of the molecule is C/C=C/CC1(C)SC(=O)C(C)=C1O. The van der Waals surface area contributed by atoms with E-state index in [1.54, 1.807) is 6.92 Å². The van der Waals surface area contributed by atoms with Crippen LogP contribution in [0.3, 0.4) is 0 Å². The molecule has 0 bridgehead atoms. The van der Waals surface area contributed by atoms with Crippen LogP contribution >= 0.6 is 11.8 Å². The first-order valence-electron chi connectivity index (χ1n) is 4.26. The third-order valence-corrected chi connectivity index (χ3v) is 3.53. The normalized spacial score (nSPS) is 29.3. The molecule has 2 nitrogen and oxygen atoms in total. The lowest BCUT2D eigenvalue weighted by molar-refractivity contribution is -0.107. The van der Waals surface area contributed by atoms with Crippen molar-refractivity contribution >= 4 is 16.9 Å². The fraction of sp³-hybridized carbons (Fsp3) is 0.500. The number of hydrogen-bond acceptors (Lipinski definition) is 3. The first kappa shape index (κ1) is 10.4. The smallest absolute Gasteiger partial charge is 0.219 e. The first-order chi connectivity index (χ1) is 6.01. The van der Waals surface area contributed by atoms with Crippen molar-refractivity contribution in [3.63, 3.8) is 0 Å². The molecule has 0 fully saturated rings. The Hall–Kier alpha value is -0.700. The Morgan fingerprint density at radius 2 is 2.23 bits per heavy atom. The number of rotatable bonds is 2. The molecule has 0 spiro atoms. The van der Waals surface area contributed by atoms with Crippen LogP contribution in [-0.4, -0.2) is 15.0 Å². The number of hydrogen-bond donors (Lipinski definition) is 1. The van der Waals surface area contributed by atoms with Crippen molar-refractivity contribution in [2.45, 2.75) is 31.9 Å². The Morgan fingerprint density at radius 3 is 2.62 bits per heavy atom. The summed E-state index contributed by atoms with van der Waals surface area (Å²) < 4.78 is -0.437. The molecule has 0 radical (unpaired) electrons. The van der Waals surface area contributed by atoms with E-state index in [1.165, 1.54) is 11.8 Å². The maximum Gasteiger partial charge on any atom is 0.219 e. The summed E-state index contributed by atoms with van der Waals surface area (Å²) in [5.41, 5.74) is 0.497. The van der Waals surface area contributed by atoms with Crippen molar-refractivity contribution < 1.29 is 9.90 Å². The van der Waals surface area contributed by atoms with E-state index in [0.29, 0.717) is 12.0 Å². The minimum absolute atomic E-state index is 0.00972. The molecule has 1 N–H and O–H groups in total. The van der Waals surface area contributed by atoms with Gasteiger partial charge < -0.3 is 5.11 Å². The second-order valence-electron chi connectivity index (χ2n) is 3.37. The molecule has 0 saturated heterocycles. The predicted molar refractivity (Wildman–Crippen MR) is 55.8 cm³/mol. The highest BCUT2D eigenvalue weighted by Crippen LogP contribution is 2.44. The molecular formula is C10H14O2S. The molecule has 72 valence electrons. The Morgan fingerprint density at radius 1 is 1.62 bits per heavy atom. The summed E-state index contributed by atoms with van der Waals surface area (Å²) in [7, 11) is 0. The lowest BCUT2D eigenvalue weighted by atomic mass is 10.0. The third kappa shape index (κ3) is 1.80. The van der Waals surface area contributed by atoms with E-state index in [4.69, 9.17) is 0 Å². The van der Waals surface area contributed by atoms with Gasteiger partial charge in [-0.05, 0) is 27.2 Å². The molecule has 0 amide bonds. The summed E-state index contributed by atoms with van der Waals surface area (Å²) in [4.78, 5) is 11.3. The summed E-state index contributed by atoms with van der Waals surface area (Å²) in [5.74, 6) is 0.237.